The second kappa shape index (κ2) is 7.06. The number of rotatable bonds is 5. The molecule has 8 heteroatoms. The number of carbonyl (C=O) groups excluding carboxylic acids is 1. The van der Waals surface area contributed by atoms with Gasteiger partial charge in [0.15, 0.2) is 0 Å². The number of benzene rings is 1. The third-order valence-corrected chi connectivity index (χ3v) is 4.74. The van der Waals surface area contributed by atoms with Crippen LogP contribution in [0, 0.1) is 5.82 Å². The van der Waals surface area contributed by atoms with Gasteiger partial charge < -0.3 is 9.64 Å². The van der Waals surface area contributed by atoms with Crippen molar-refractivity contribution < 1.29 is 22.3 Å². The lowest BCUT2D eigenvalue weighted by molar-refractivity contribution is -0.132. The molecule has 1 aromatic rings. The van der Waals surface area contributed by atoms with Crippen molar-refractivity contribution in [1.82, 2.24) is 9.21 Å². The second-order valence-corrected chi connectivity index (χ2v) is 7.08. The number of nitrogens with zero attached hydrogens (tertiary/aromatic N) is 2. The Balaban J connectivity index is 1.75. The summed E-state index contributed by atoms with van der Waals surface area (Å²) in [5, 5.41) is 0. The van der Waals surface area contributed by atoms with Crippen LogP contribution in [-0.2, 0) is 14.8 Å². The molecule has 1 fully saturated rings. The standard InChI is InChI=1S/C14H19FN2O4S/c1-22(19,20)17-8-6-16(7-9-17)14(18)5-10-21-13-4-2-3-12(15)11-13/h2-4,11H,5-10H2,1H3. The molecular weight excluding hydrogens is 311 g/mol. The molecule has 22 heavy (non-hydrogen) atoms. The van der Waals surface area contributed by atoms with Crippen molar-refractivity contribution >= 4 is 15.9 Å². The molecule has 1 saturated heterocycles. The average Bonchev–Trinajstić information content (AvgIpc) is 2.46. The van der Waals surface area contributed by atoms with Gasteiger partial charge >= 0.3 is 0 Å². The van der Waals surface area contributed by atoms with Crippen LogP contribution in [0.5, 0.6) is 5.75 Å². The molecule has 0 unspecified atom stereocenters. The Hall–Kier alpha value is -1.67. The van der Waals surface area contributed by atoms with Crippen molar-refractivity contribution in [2.45, 2.75) is 6.42 Å². The minimum atomic E-state index is -3.20. The Labute approximate surface area is 129 Å². The van der Waals surface area contributed by atoms with Gasteiger partial charge in [-0.3, -0.25) is 4.79 Å². The van der Waals surface area contributed by atoms with Gasteiger partial charge in [0.25, 0.3) is 0 Å². The number of halogens is 1. The van der Waals surface area contributed by atoms with E-state index in [4.69, 9.17) is 4.74 Å². The molecule has 0 aliphatic carbocycles. The number of hydrogen-bond acceptors (Lipinski definition) is 4. The molecule has 122 valence electrons. The number of sulfonamides is 1. The molecule has 0 aromatic heterocycles. The van der Waals surface area contributed by atoms with Gasteiger partial charge in [-0.25, -0.2) is 12.8 Å². The summed E-state index contributed by atoms with van der Waals surface area (Å²) in [5.74, 6) is -0.0972. The SMILES string of the molecule is CS(=O)(=O)N1CCN(C(=O)CCOc2cccc(F)c2)CC1. The van der Waals surface area contributed by atoms with Crippen LogP contribution in [0.25, 0.3) is 0 Å². The molecule has 0 bridgehead atoms. The first-order valence-corrected chi connectivity index (χ1v) is 8.82. The fourth-order valence-corrected chi connectivity index (χ4v) is 3.07. The van der Waals surface area contributed by atoms with E-state index in [9.17, 15) is 17.6 Å². The molecule has 6 nitrogen and oxygen atoms in total. The molecule has 0 saturated carbocycles. The van der Waals surface area contributed by atoms with Gasteiger partial charge in [0, 0.05) is 32.2 Å². The van der Waals surface area contributed by atoms with E-state index in [0.717, 1.165) is 6.26 Å². The second-order valence-electron chi connectivity index (χ2n) is 5.10. The number of hydrogen-bond donors (Lipinski definition) is 0. The Bertz CT molecular complexity index is 627. The Morgan fingerprint density at radius 2 is 1.95 bits per heavy atom. The largest absolute Gasteiger partial charge is 0.493 e. The molecule has 1 amide bonds. The molecule has 2 rings (SSSR count). The van der Waals surface area contributed by atoms with Crippen LogP contribution in [0.3, 0.4) is 0 Å². The van der Waals surface area contributed by atoms with Crippen molar-refractivity contribution in [3.8, 4) is 5.75 Å². The highest BCUT2D eigenvalue weighted by Gasteiger charge is 2.25. The normalized spacial score (nSPS) is 16.5. The first kappa shape index (κ1) is 16.7. The third kappa shape index (κ3) is 4.67. The van der Waals surface area contributed by atoms with Crippen molar-refractivity contribution in [2.24, 2.45) is 0 Å². The van der Waals surface area contributed by atoms with Gasteiger partial charge in [-0.1, -0.05) is 6.07 Å². The number of amides is 1. The molecular formula is C14H19FN2O4S. The zero-order chi connectivity index (χ0) is 16.2. The summed E-state index contributed by atoms with van der Waals surface area (Å²) in [7, 11) is -3.20. The average molecular weight is 330 g/mol. The fourth-order valence-electron chi connectivity index (χ4n) is 2.24. The van der Waals surface area contributed by atoms with Crippen LogP contribution in [0.15, 0.2) is 24.3 Å². The molecule has 0 atom stereocenters. The maximum Gasteiger partial charge on any atom is 0.226 e. The molecule has 0 spiro atoms. The van der Waals surface area contributed by atoms with Gasteiger partial charge in [0.1, 0.15) is 11.6 Å². The molecule has 1 heterocycles. The Morgan fingerprint density at radius 1 is 1.27 bits per heavy atom. The van der Waals surface area contributed by atoms with Gasteiger partial charge in [-0.15, -0.1) is 0 Å². The highest BCUT2D eigenvalue weighted by atomic mass is 32.2. The van der Waals surface area contributed by atoms with E-state index < -0.39 is 10.0 Å². The van der Waals surface area contributed by atoms with E-state index in [0.29, 0.717) is 31.9 Å². The third-order valence-electron chi connectivity index (χ3n) is 3.44. The molecule has 1 aromatic carbocycles. The molecule has 1 aliphatic heterocycles. The predicted molar refractivity (Wildman–Crippen MR) is 79.5 cm³/mol. The van der Waals surface area contributed by atoms with Crippen molar-refractivity contribution in [2.75, 3.05) is 39.0 Å². The maximum atomic E-state index is 13.0. The monoisotopic (exact) mass is 330 g/mol. The Morgan fingerprint density at radius 3 is 2.55 bits per heavy atom. The van der Waals surface area contributed by atoms with Crippen molar-refractivity contribution in [1.29, 1.82) is 0 Å². The number of carbonyl (C=O) groups is 1. The number of piperazine rings is 1. The van der Waals surface area contributed by atoms with Crippen LogP contribution < -0.4 is 4.74 Å². The Kier molecular flexibility index (Phi) is 5.36. The summed E-state index contributed by atoms with van der Waals surface area (Å²) in [6.45, 7) is 1.55. The fraction of sp³-hybridized carbons (Fsp3) is 0.500. The van der Waals surface area contributed by atoms with E-state index in [1.807, 2.05) is 0 Å². The minimum absolute atomic E-state index is 0.0930. The van der Waals surface area contributed by atoms with E-state index in [1.165, 1.54) is 22.5 Å². The van der Waals surface area contributed by atoms with Crippen molar-refractivity contribution in [3.63, 3.8) is 0 Å². The van der Waals surface area contributed by atoms with Crippen LogP contribution >= 0.6 is 0 Å². The van der Waals surface area contributed by atoms with Gasteiger partial charge in [0.2, 0.25) is 15.9 Å². The lowest BCUT2D eigenvalue weighted by atomic mass is 10.3. The minimum Gasteiger partial charge on any atom is -0.493 e. The summed E-state index contributed by atoms with van der Waals surface area (Å²) >= 11 is 0. The predicted octanol–water partition coefficient (Wildman–Crippen LogP) is 0.698. The lowest BCUT2D eigenvalue weighted by Crippen LogP contribution is -2.50. The summed E-state index contributed by atoms with van der Waals surface area (Å²) in [6, 6.07) is 5.74. The molecule has 1 aliphatic rings. The van der Waals surface area contributed by atoms with E-state index in [1.54, 1.807) is 11.0 Å². The highest BCUT2D eigenvalue weighted by molar-refractivity contribution is 7.88. The zero-order valence-electron chi connectivity index (χ0n) is 12.4. The van der Waals surface area contributed by atoms with E-state index >= 15 is 0 Å². The van der Waals surface area contributed by atoms with Crippen LogP contribution in [0.1, 0.15) is 6.42 Å². The summed E-state index contributed by atoms with van der Waals surface area (Å²) < 4.78 is 42.4. The van der Waals surface area contributed by atoms with Crippen LogP contribution in [0.4, 0.5) is 4.39 Å². The number of ether oxygens (including phenoxy) is 1. The van der Waals surface area contributed by atoms with Gasteiger partial charge in [0.05, 0.1) is 19.3 Å². The highest BCUT2D eigenvalue weighted by Crippen LogP contribution is 2.13. The zero-order valence-corrected chi connectivity index (χ0v) is 13.2. The smallest absolute Gasteiger partial charge is 0.226 e. The molecule has 0 radical (unpaired) electrons. The van der Waals surface area contributed by atoms with Gasteiger partial charge in [-0.05, 0) is 12.1 Å². The van der Waals surface area contributed by atoms with Crippen molar-refractivity contribution in [3.05, 3.63) is 30.1 Å². The summed E-state index contributed by atoms with van der Waals surface area (Å²) in [5.41, 5.74) is 0. The summed E-state index contributed by atoms with van der Waals surface area (Å²) in [4.78, 5) is 13.6. The lowest BCUT2D eigenvalue weighted by Gasteiger charge is -2.33. The van der Waals surface area contributed by atoms with E-state index in [-0.39, 0.29) is 24.8 Å². The van der Waals surface area contributed by atoms with Gasteiger partial charge in [-0.2, -0.15) is 4.31 Å². The van der Waals surface area contributed by atoms with E-state index in [2.05, 4.69) is 0 Å². The topological polar surface area (TPSA) is 66.9 Å². The van der Waals surface area contributed by atoms with Crippen LogP contribution in [0.2, 0.25) is 0 Å². The van der Waals surface area contributed by atoms with Crippen LogP contribution in [-0.4, -0.2) is 62.6 Å². The summed E-state index contributed by atoms with van der Waals surface area (Å²) in [6.07, 6.45) is 1.34. The first-order valence-electron chi connectivity index (χ1n) is 6.97. The quantitative estimate of drug-likeness (QED) is 0.797. The first-order chi connectivity index (χ1) is 10.4. The maximum absolute atomic E-state index is 13.0. The molecule has 0 N–H and O–H groups in total.